The third-order valence-electron chi connectivity index (χ3n) is 3.97. The molecule has 3 amide bonds. The number of nitrogens with zero attached hydrogens (tertiary/aromatic N) is 3. The molecule has 2 heterocycles. The highest BCUT2D eigenvalue weighted by molar-refractivity contribution is 9.10. The normalized spacial score (nSPS) is 22.6. The van der Waals surface area contributed by atoms with Crippen molar-refractivity contribution in [2.45, 2.75) is 25.7 Å². The standard InChI is InChI=1S/C16H17BrN4O3S/c1-9(22)8-25-16-18-13-12(14(23)19-15(24)20(13)2)21(16)7-10-4-3-5-11(17)6-10/h3-6,12-13H,7-8H2,1-2H3,(H,19,23,24). The van der Waals surface area contributed by atoms with Crippen molar-refractivity contribution in [2.24, 2.45) is 4.99 Å². The van der Waals surface area contributed by atoms with E-state index in [0.29, 0.717) is 11.7 Å². The van der Waals surface area contributed by atoms with Gasteiger partial charge in [-0.25, -0.2) is 9.79 Å². The maximum absolute atomic E-state index is 12.4. The second kappa shape index (κ2) is 7.17. The van der Waals surface area contributed by atoms with Gasteiger partial charge in [0, 0.05) is 18.1 Å². The van der Waals surface area contributed by atoms with Gasteiger partial charge in [0.1, 0.15) is 5.78 Å². The summed E-state index contributed by atoms with van der Waals surface area (Å²) in [7, 11) is 1.61. The number of carbonyl (C=O) groups is 3. The SMILES string of the molecule is CC(=O)CSC1=NC2C(C(=O)NC(=O)N2C)N1Cc1cccc(Br)c1. The van der Waals surface area contributed by atoms with Crippen LogP contribution in [0.5, 0.6) is 0 Å². The molecule has 1 aromatic rings. The molecule has 2 aliphatic rings. The van der Waals surface area contributed by atoms with Gasteiger partial charge in [-0.1, -0.05) is 39.8 Å². The lowest BCUT2D eigenvalue weighted by atomic mass is 10.1. The molecule has 132 valence electrons. The number of benzene rings is 1. The number of rotatable bonds is 4. The number of urea groups is 1. The van der Waals surface area contributed by atoms with Gasteiger partial charge in [-0.15, -0.1) is 0 Å². The third-order valence-corrected chi connectivity index (χ3v) is 5.61. The molecule has 1 fully saturated rings. The highest BCUT2D eigenvalue weighted by atomic mass is 79.9. The summed E-state index contributed by atoms with van der Waals surface area (Å²) in [6.07, 6.45) is -0.581. The van der Waals surface area contributed by atoms with Crippen LogP contribution in [0.25, 0.3) is 0 Å². The van der Waals surface area contributed by atoms with Crippen LogP contribution in [0.4, 0.5) is 4.79 Å². The summed E-state index contributed by atoms with van der Waals surface area (Å²) in [5.41, 5.74) is 0.999. The van der Waals surface area contributed by atoms with Crippen molar-refractivity contribution in [3.05, 3.63) is 34.3 Å². The number of hydrogen-bond acceptors (Lipinski definition) is 6. The number of hydrogen-bond donors (Lipinski definition) is 1. The molecule has 0 saturated carbocycles. The summed E-state index contributed by atoms with van der Waals surface area (Å²) >= 11 is 4.74. The van der Waals surface area contributed by atoms with Crippen molar-refractivity contribution < 1.29 is 14.4 Å². The number of amides is 3. The minimum absolute atomic E-state index is 0.0267. The molecule has 1 aromatic carbocycles. The zero-order chi connectivity index (χ0) is 18.1. The molecular weight excluding hydrogens is 408 g/mol. The molecular formula is C16H17BrN4O3S. The first-order valence-electron chi connectivity index (χ1n) is 7.65. The largest absolute Gasteiger partial charge is 0.331 e. The minimum atomic E-state index is -0.601. The number of carbonyl (C=O) groups excluding carboxylic acids is 3. The van der Waals surface area contributed by atoms with Gasteiger partial charge in [-0.3, -0.25) is 14.9 Å². The molecule has 0 aliphatic carbocycles. The molecule has 0 radical (unpaired) electrons. The number of aliphatic imine (C=N–C) groups is 1. The number of nitrogens with one attached hydrogen (secondary N) is 1. The first-order chi connectivity index (χ1) is 11.9. The number of amidine groups is 1. The fourth-order valence-corrected chi connectivity index (χ4v) is 4.09. The average Bonchev–Trinajstić information content (AvgIpc) is 2.90. The Kier molecular flexibility index (Phi) is 5.14. The summed E-state index contributed by atoms with van der Waals surface area (Å²) in [5, 5.41) is 2.96. The van der Waals surface area contributed by atoms with E-state index >= 15 is 0 Å². The predicted octanol–water partition coefficient (Wildman–Crippen LogP) is 1.82. The molecule has 0 aromatic heterocycles. The summed E-state index contributed by atoms with van der Waals surface area (Å²) in [6, 6.07) is 6.71. The van der Waals surface area contributed by atoms with Crippen LogP contribution in [0.1, 0.15) is 12.5 Å². The molecule has 2 unspecified atom stereocenters. The van der Waals surface area contributed by atoms with Crippen LogP contribution >= 0.6 is 27.7 Å². The molecule has 0 bridgehead atoms. The van der Waals surface area contributed by atoms with E-state index in [9.17, 15) is 14.4 Å². The van der Waals surface area contributed by atoms with Crippen LogP contribution in [0.3, 0.4) is 0 Å². The summed E-state index contributed by atoms with van der Waals surface area (Å²) in [5.74, 6) is -0.0730. The number of imide groups is 1. The lowest BCUT2D eigenvalue weighted by molar-refractivity contribution is -0.127. The Morgan fingerprint density at radius 1 is 1.40 bits per heavy atom. The number of ketones is 1. The molecule has 3 rings (SSSR count). The third kappa shape index (κ3) is 3.72. The number of Topliss-reactive ketones (excluding diaryl/α,β-unsaturated/α-hetero) is 1. The maximum Gasteiger partial charge on any atom is 0.325 e. The van der Waals surface area contributed by atoms with Crippen LogP contribution in [0.2, 0.25) is 0 Å². The summed E-state index contributed by atoms with van der Waals surface area (Å²) in [6.45, 7) is 1.97. The van der Waals surface area contributed by atoms with Gasteiger partial charge >= 0.3 is 6.03 Å². The Labute approximate surface area is 158 Å². The topological polar surface area (TPSA) is 82.1 Å². The Balaban J connectivity index is 1.90. The van der Waals surface area contributed by atoms with Gasteiger partial charge in [0.15, 0.2) is 17.4 Å². The number of halogens is 1. The Morgan fingerprint density at radius 3 is 2.84 bits per heavy atom. The van der Waals surface area contributed by atoms with Crippen LogP contribution in [0.15, 0.2) is 33.7 Å². The van der Waals surface area contributed by atoms with Crippen LogP contribution < -0.4 is 5.32 Å². The zero-order valence-electron chi connectivity index (χ0n) is 13.7. The number of thioether (sulfide) groups is 1. The van der Waals surface area contributed by atoms with E-state index < -0.39 is 18.2 Å². The monoisotopic (exact) mass is 424 g/mol. The summed E-state index contributed by atoms with van der Waals surface area (Å²) < 4.78 is 0.941. The van der Waals surface area contributed by atoms with E-state index in [0.717, 1.165) is 10.0 Å². The summed E-state index contributed by atoms with van der Waals surface area (Å²) in [4.78, 5) is 43.5. The van der Waals surface area contributed by atoms with Crippen molar-refractivity contribution in [3.63, 3.8) is 0 Å². The smallest absolute Gasteiger partial charge is 0.325 e. The average molecular weight is 425 g/mol. The van der Waals surface area contributed by atoms with Crippen LogP contribution in [0, 0.1) is 0 Å². The highest BCUT2D eigenvalue weighted by Crippen LogP contribution is 2.30. The quantitative estimate of drug-likeness (QED) is 0.796. The number of likely N-dealkylation sites (N-methyl/N-ethyl adjacent to an activating group) is 1. The van der Waals surface area contributed by atoms with E-state index in [-0.39, 0.29) is 17.4 Å². The molecule has 0 spiro atoms. The fourth-order valence-electron chi connectivity index (χ4n) is 2.79. The minimum Gasteiger partial charge on any atom is -0.331 e. The molecule has 1 saturated heterocycles. The van der Waals surface area contributed by atoms with Gasteiger partial charge in [-0.05, 0) is 24.6 Å². The van der Waals surface area contributed by atoms with Gasteiger partial charge in [0.05, 0.1) is 5.75 Å². The van der Waals surface area contributed by atoms with E-state index in [1.807, 2.05) is 29.2 Å². The molecule has 2 atom stereocenters. The van der Waals surface area contributed by atoms with E-state index in [2.05, 4.69) is 26.2 Å². The van der Waals surface area contributed by atoms with E-state index in [1.165, 1.54) is 23.6 Å². The second-order valence-electron chi connectivity index (χ2n) is 5.92. The van der Waals surface area contributed by atoms with Crippen LogP contribution in [-0.4, -0.2) is 57.7 Å². The predicted molar refractivity (Wildman–Crippen MR) is 99.1 cm³/mol. The molecule has 1 N–H and O–H groups in total. The van der Waals surface area contributed by atoms with Gasteiger partial charge < -0.3 is 9.80 Å². The van der Waals surface area contributed by atoms with Crippen molar-refractivity contribution in [2.75, 3.05) is 12.8 Å². The number of fused-ring (bicyclic) bond motifs is 1. The fraction of sp³-hybridized carbons (Fsp3) is 0.375. The van der Waals surface area contributed by atoms with Crippen molar-refractivity contribution >= 4 is 50.6 Å². The van der Waals surface area contributed by atoms with Gasteiger partial charge in [0.2, 0.25) is 0 Å². The van der Waals surface area contributed by atoms with Gasteiger partial charge in [0.25, 0.3) is 5.91 Å². The van der Waals surface area contributed by atoms with Crippen molar-refractivity contribution in [1.29, 1.82) is 0 Å². The lowest BCUT2D eigenvalue weighted by Crippen LogP contribution is -2.63. The second-order valence-corrected chi connectivity index (χ2v) is 7.78. The molecule has 25 heavy (non-hydrogen) atoms. The van der Waals surface area contributed by atoms with E-state index in [4.69, 9.17) is 0 Å². The lowest BCUT2D eigenvalue weighted by Gasteiger charge is -2.36. The van der Waals surface area contributed by atoms with E-state index in [1.54, 1.807) is 7.05 Å². The molecule has 9 heteroatoms. The maximum atomic E-state index is 12.4. The molecule has 7 nitrogen and oxygen atoms in total. The zero-order valence-corrected chi connectivity index (χ0v) is 16.1. The Morgan fingerprint density at radius 2 is 2.16 bits per heavy atom. The Hall–Kier alpha value is -1.87. The Bertz CT molecular complexity index is 770. The van der Waals surface area contributed by atoms with Crippen molar-refractivity contribution in [3.8, 4) is 0 Å². The van der Waals surface area contributed by atoms with Gasteiger partial charge in [-0.2, -0.15) is 0 Å². The highest BCUT2D eigenvalue weighted by Gasteiger charge is 2.48. The first-order valence-corrected chi connectivity index (χ1v) is 9.43. The first kappa shape index (κ1) is 17.9. The molecule has 2 aliphatic heterocycles. The van der Waals surface area contributed by atoms with Crippen LogP contribution in [-0.2, 0) is 16.1 Å². The van der Waals surface area contributed by atoms with Crippen molar-refractivity contribution in [1.82, 2.24) is 15.1 Å².